The smallest absolute Gasteiger partial charge is 0.461 e. The van der Waals surface area contributed by atoms with Crippen LogP contribution >= 0.6 is 7.82 Å². The lowest BCUT2D eigenvalue weighted by Gasteiger charge is -2.26. The number of nitrogens with two attached hydrogens (primary N) is 1. The summed E-state index contributed by atoms with van der Waals surface area (Å²) in [6, 6.07) is -0.724. The molecule has 0 bridgehead atoms. The molecule has 0 aromatic heterocycles. The van der Waals surface area contributed by atoms with Gasteiger partial charge in [0.05, 0.1) is 25.9 Å². The van der Waals surface area contributed by atoms with E-state index in [0.717, 1.165) is 0 Å². The molecular weight excluding hydrogens is 327 g/mol. The molecule has 1 unspecified atom stereocenters. The van der Waals surface area contributed by atoms with Crippen LogP contribution in [-0.4, -0.2) is 50.4 Å². The summed E-state index contributed by atoms with van der Waals surface area (Å²) in [5, 5.41) is 2.55. The highest BCUT2D eigenvalue weighted by atomic mass is 31.2. The molecule has 0 saturated heterocycles. The number of esters is 1. The molecule has 134 valence electrons. The first-order chi connectivity index (χ1) is 10.7. The van der Waals surface area contributed by atoms with Crippen LogP contribution in [0.5, 0.6) is 0 Å². The Kier molecular flexibility index (Phi) is 10.7. The van der Waals surface area contributed by atoms with Gasteiger partial charge < -0.3 is 15.8 Å². The summed E-state index contributed by atoms with van der Waals surface area (Å²) in [6.45, 7) is 7.36. The monoisotopic (exact) mass is 352 g/mol. The summed E-state index contributed by atoms with van der Waals surface area (Å²) in [5.41, 5.74) is 5.30. The first kappa shape index (κ1) is 21.8. The van der Waals surface area contributed by atoms with Gasteiger partial charge in [-0.2, -0.15) is 0 Å². The van der Waals surface area contributed by atoms with Crippen LogP contribution in [0, 0.1) is 0 Å². The van der Waals surface area contributed by atoms with Gasteiger partial charge in [-0.05, 0) is 6.92 Å². The highest BCUT2D eigenvalue weighted by Gasteiger charge is 2.30. The maximum Gasteiger partial charge on any atom is 0.475 e. The molecule has 3 N–H and O–H groups in total. The van der Waals surface area contributed by atoms with E-state index in [0.29, 0.717) is 0 Å². The average Bonchev–Trinajstić information content (AvgIpc) is 2.46. The molecule has 0 aromatic rings. The molecule has 0 aliphatic carbocycles. The number of carbonyl (C=O) groups is 2. The summed E-state index contributed by atoms with van der Waals surface area (Å²) >= 11 is 0. The van der Waals surface area contributed by atoms with Crippen molar-refractivity contribution in [2.45, 2.75) is 32.9 Å². The van der Waals surface area contributed by atoms with E-state index in [1.807, 2.05) is 0 Å². The van der Waals surface area contributed by atoms with Crippen molar-refractivity contribution in [2.24, 2.45) is 5.73 Å². The topological polar surface area (TPSA) is 126 Å². The molecular formula is C13H25N2O7P. The number of nitrogens with one attached hydrogen (secondary N) is 1. The maximum atomic E-state index is 12.4. The second-order valence-electron chi connectivity index (χ2n) is 4.57. The van der Waals surface area contributed by atoms with Crippen molar-refractivity contribution in [3.63, 3.8) is 0 Å². The molecule has 0 saturated carbocycles. The van der Waals surface area contributed by atoms with Gasteiger partial charge in [-0.3, -0.25) is 23.2 Å². The van der Waals surface area contributed by atoms with Crippen LogP contribution in [0.15, 0.2) is 12.7 Å². The molecule has 0 radical (unpaired) electrons. The SMILES string of the molecule is C=CCOP(=O)(OCCN)OC[C@H](NC(C)=O)[C@@H](C)OC(C)=O. The van der Waals surface area contributed by atoms with E-state index in [1.165, 1.54) is 19.9 Å². The molecule has 9 nitrogen and oxygen atoms in total. The number of rotatable bonds is 12. The van der Waals surface area contributed by atoms with Crippen molar-refractivity contribution in [1.82, 2.24) is 5.32 Å². The Balaban J connectivity index is 4.85. The highest BCUT2D eigenvalue weighted by molar-refractivity contribution is 7.48. The normalized spacial score (nSPS) is 16.0. The quantitative estimate of drug-likeness (QED) is 0.299. The van der Waals surface area contributed by atoms with E-state index in [1.54, 1.807) is 6.92 Å². The van der Waals surface area contributed by atoms with E-state index in [-0.39, 0.29) is 32.3 Å². The van der Waals surface area contributed by atoms with E-state index in [4.69, 9.17) is 24.0 Å². The number of hydrogen-bond donors (Lipinski definition) is 2. The Morgan fingerprint density at radius 3 is 2.43 bits per heavy atom. The Morgan fingerprint density at radius 1 is 1.30 bits per heavy atom. The number of hydrogen-bond acceptors (Lipinski definition) is 8. The lowest BCUT2D eigenvalue weighted by molar-refractivity contribution is -0.148. The zero-order valence-electron chi connectivity index (χ0n) is 13.6. The number of amides is 1. The van der Waals surface area contributed by atoms with Crippen LogP contribution in [0.2, 0.25) is 0 Å². The van der Waals surface area contributed by atoms with Gasteiger partial charge in [-0.1, -0.05) is 6.08 Å². The van der Waals surface area contributed by atoms with E-state index in [2.05, 4.69) is 11.9 Å². The van der Waals surface area contributed by atoms with Gasteiger partial charge in [-0.15, -0.1) is 6.58 Å². The van der Waals surface area contributed by atoms with Gasteiger partial charge in [0, 0.05) is 20.4 Å². The zero-order chi connectivity index (χ0) is 17.9. The minimum absolute atomic E-state index is 0.0290. The molecule has 0 aliphatic rings. The Bertz CT molecular complexity index is 444. The summed E-state index contributed by atoms with van der Waals surface area (Å²) in [6.07, 6.45) is 0.688. The average molecular weight is 352 g/mol. The van der Waals surface area contributed by atoms with E-state index >= 15 is 0 Å². The molecule has 3 atom stereocenters. The fourth-order valence-electron chi connectivity index (χ4n) is 1.49. The van der Waals surface area contributed by atoms with Gasteiger partial charge >= 0.3 is 13.8 Å². The summed E-state index contributed by atoms with van der Waals surface area (Å²) < 4.78 is 32.6. The van der Waals surface area contributed by atoms with Crippen LogP contribution in [0.3, 0.4) is 0 Å². The van der Waals surface area contributed by atoms with Crippen LogP contribution in [0.1, 0.15) is 20.8 Å². The second kappa shape index (κ2) is 11.3. The predicted octanol–water partition coefficient (Wildman–Crippen LogP) is 0.745. The van der Waals surface area contributed by atoms with Gasteiger partial charge in [0.15, 0.2) is 0 Å². The van der Waals surface area contributed by atoms with Crippen molar-refractivity contribution in [3.05, 3.63) is 12.7 Å². The minimum Gasteiger partial charge on any atom is -0.461 e. The predicted molar refractivity (Wildman–Crippen MR) is 83.5 cm³/mol. The molecule has 1 amide bonds. The van der Waals surface area contributed by atoms with Gasteiger partial charge in [-0.25, -0.2) is 4.57 Å². The van der Waals surface area contributed by atoms with Crippen LogP contribution < -0.4 is 11.1 Å². The number of phosphoric acid groups is 1. The van der Waals surface area contributed by atoms with Crippen LogP contribution in [0.25, 0.3) is 0 Å². The van der Waals surface area contributed by atoms with Crippen molar-refractivity contribution in [1.29, 1.82) is 0 Å². The first-order valence-corrected chi connectivity index (χ1v) is 8.49. The molecule has 23 heavy (non-hydrogen) atoms. The van der Waals surface area contributed by atoms with Crippen molar-refractivity contribution in [2.75, 3.05) is 26.4 Å². The Morgan fingerprint density at radius 2 is 1.96 bits per heavy atom. The molecule has 0 aromatic carbocycles. The van der Waals surface area contributed by atoms with Gasteiger partial charge in [0.25, 0.3) is 0 Å². The minimum atomic E-state index is -3.87. The Labute approximate surface area is 136 Å². The van der Waals surface area contributed by atoms with E-state index < -0.39 is 25.9 Å². The van der Waals surface area contributed by atoms with Crippen LogP contribution in [-0.2, 0) is 32.5 Å². The van der Waals surface area contributed by atoms with Crippen LogP contribution in [0.4, 0.5) is 0 Å². The van der Waals surface area contributed by atoms with Crippen molar-refractivity contribution < 1.29 is 32.5 Å². The molecule has 0 aliphatic heterocycles. The Hall–Kier alpha value is -1.25. The second-order valence-corrected chi connectivity index (χ2v) is 6.24. The largest absolute Gasteiger partial charge is 0.475 e. The lowest BCUT2D eigenvalue weighted by atomic mass is 10.2. The maximum absolute atomic E-state index is 12.4. The standard InChI is InChI=1S/C13H25N2O7P/c1-5-7-19-23(18,20-8-6-14)21-9-13(15-11(3)16)10(2)22-12(4)17/h5,10,13H,1,6-9,14H2,2-4H3,(H,15,16)/t10-,13+,23?/m1/s1. The lowest BCUT2D eigenvalue weighted by Crippen LogP contribution is -2.46. The third-order valence-corrected chi connectivity index (χ3v) is 3.87. The van der Waals surface area contributed by atoms with Gasteiger partial charge in [0.2, 0.25) is 5.91 Å². The number of ether oxygens (including phenoxy) is 1. The van der Waals surface area contributed by atoms with Gasteiger partial charge in [0.1, 0.15) is 6.10 Å². The summed E-state index contributed by atoms with van der Waals surface area (Å²) in [5.74, 6) is -0.874. The molecule has 10 heteroatoms. The number of phosphoric ester groups is 1. The molecule has 0 fully saturated rings. The molecule has 0 rings (SSSR count). The molecule has 0 spiro atoms. The third-order valence-electron chi connectivity index (χ3n) is 2.44. The summed E-state index contributed by atoms with van der Waals surface area (Å²) in [4.78, 5) is 22.3. The van der Waals surface area contributed by atoms with Crippen molar-refractivity contribution in [3.8, 4) is 0 Å². The van der Waals surface area contributed by atoms with Crippen molar-refractivity contribution >= 4 is 19.7 Å². The molecule has 0 heterocycles. The van der Waals surface area contributed by atoms with E-state index in [9.17, 15) is 14.2 Å². The first-order valence-electron chi connectivity index (χ1n) is 7.03. The fraction of sp³-hybridized carbons (Fsp3) is 0.692. The summed E-state index contributed by atoms with van der Waals surface area (Å²) in [7, 11) is -3.87. The number of carbonyl (C=O) groups excluding carboxylic acids is 2. The zero-order valence-corrected chi connectivity index (χ0v) is 14.5. The fourth-order valence-corrected chi connectivity index (χ4v) is 2.68. The third kappa shape index (κ3) is 10.2. The highest BCUT2D eigenvalue weighted by Crippen LogP contribution is 2.49.